The summed E-state index contributed by atoms with van der Waals surface area (Å²) in [5.74, 6) is 0.181. The molecule has 1 fully saturated rings. The topological polar surface area (TPSA) is 41.1 Å². The second kappa shape index (κ2) is 5.14. The Hall–Kier alpha value is -0.570. The number of unbranched alkanes of at least 4 members (excludes halogenated alkanes) is 1. The summed E-state index contributed by atoms with van der Waals surface area (Å²) in [7, 11) is 0. The Morgan fingerprint density at radius 1 is 1.50 bits per heavy atom. The predicted octanol–water partition coefficient (Wildman–Crippen LogP) is 0.655. The quantitative estimate of drug-likeness (QED) is 0.653. The van der Waals surface area contributed by atoms with Crippen LogP contribution in [0.3, 0.4) is 0 Å². The molecule has 0 bridgehead atoms. The molecule has 70 valence electrons. The van der Waals surface area contributed by atoms with Crippen LogP contribution in [0.15, 0.2) is 0 Å². The van der Waals surface area contributed by atoms with Crippen molar-refractivity contribution in [3.63, 3.8) is 0 Å². The van der Waals surface area contributed by atoms with Gasteiger partial charge in [-0.25, -0.2) is 0 Å². The summed E-state index contributed by atoms with van der Waals surface area (Å²) < 4.78 is 0. The van der Waals surface area contributed by atoms with Crippen molar-refractivity contribution in [3.05, 3.63) is 0 Å². The van der Waals surface area contributed by atoms with E-state index in [9.17, 15) is 4.79 Å². The summed E-state index contributed by atoms with van der Waals surface area (Å²) in [4.78, 5) is 11.3. The van der Waals surface area contributed by atoms with Crippen molar-refractivity contribution in [2.45, 2.75) is 38.6 Å². The van der Waals surface area contributed by atoms with Crippen molar-refractivity contribution in [1.29, 1.82) is 0 Å². The van der Waals surface area contributed by atoms with Gasteiger partial charge in [-0.15, -0.1) is 0 Å². The van der Waals surface area contributed by atoms with E-state index in [1.165, 1.54) is 0 Å². The van der Waals surface area contributed by atoms with Crippen molar-refractivity contribution in [2.24, 2.45) is 0 Å². The van der Waals surface area contributed by atoms with Gasteiger partial charge in [0.15, 0.2) is 0 Å². The molecular formula is C9H18N2O. The summed E-state index contributed by atoms with van der Waals surface area (Å²) in [5.41, 5.74) is 0. The van der Waals surface area contributed by atoms with E-state index in [1.54, 1.807) is 0 Å². The van der Waals surface area contributed by atoms with Gasteiger partial charge in [0.05, 0.1) is 6.04 Å². The van der Waals surface area contributed by atoms with E-state index in [0.717, 1.165) is 38.8 Å². The molecule has 1 heterocycles. The van der Waals surface area contributed by atoms with Gasteiger partial charge >= 0.3 is 0 Å². The molecule has 12 heavy (non-hydrogen) atoms. The lowest BCUT2D eigenvalue weighted by Crippen LogP contribution is -2.40. The van der Waals surface area contributed by atoms with E-state index in [0.29, 0.717) is 0 Å². The zero-order valence-electron chi connectivity index (χ0n) is 7.73. The molecule has 1 amide bonds. The fourth-order valence-electron chi connectivity index (χ4n) is 1.43. The second-order valence-electron chi connectivity index (χ2n) is 3.29. The number of amides is 1. The van der Waals surface area contributed by atoms with Gasteiger partial charge < -0.3 is 10.6 Å². The molecule has 1 aliphatic rings. The van der Waals surface area contributed by atoms with Crippen LogP contribution < -0.4 is 10.6 Å². The highest BCUT2D eigenvalue weighted by Gasteiger charge is 2.18. The Morgan fingerprint density at radius 2 is 2.33 bits per heavy atom. The molecule has 2 N–H and O–H groups in total. The fraction of sp³-hybridized carbons (Fsp3) is 0.889. The molecule has 0 aromatic carbocycles. The third-order valence-corrected chi connectivity index (χ3v) is 2.21. The molecule has 0 aromatic heterocycles. The molecule has 3 heteroatoms. The van der Waals surface area contributed by atoms with Crippen LogP contribution in [0.4, 0.5) is 0 Å². The first-order valence-electron chi connectivity index (χ1n) is 4.85. The standard InChI is InChI=1S/C9H18N2O/c1-2-3-5-8-9(12)11-7-4-6-10-8/h8,10H,2-7H2,1H3,(H,11,12). The molecule has 1 atom stereocenters. The van der Waals surface area contributed by atoms with Gasteiger partial charge in [-0.3, -0.25) is 4.79 Å². The summed E-state index contributed by atoms with van der Waals surface area (Å²) in [6.45, 7) is 3.94. The maximum atomic E-state index is 11.3. The summed E-state index contributed by atoms with van der Waals surface area (Å²) in [6, 6.07) is 0.0625. The second-order valence-corrected chi connectivity index (χ2v) is 3.29. The Labute approximate surface area is 73.9 Å². The van der Waals surface area contributed by atoms with Crippen LogP contribution in [0.2, 0.25) is 0 Å². The van der Waals surface area contributed by atoms with Gasteiger partial charge in [0.1, 0.15) is 0 Å². The minimum absolute atomic E-state index is 0.0625. The molecule has 1 rings (SSSR count). The first kappa shape index (κ1) is 9.52. The molecule has 0 spiro atoms. The monoisotopic (exact) mass is 170 g/mol. The Kier molecular flexibility index (Phi) is 4.08. The lowest BCUT2D eigenvalue weighted by Gasteiger charge is -2.13. The molecule has 1 aliphatic heterocycles. The maximum Gasteiger partial charge on any atom is 0.237 e. The van der Waals surface area contributed by atoms with E-state index in [1.807, 2.05) is 0 Å². The first-order chi connectivity index (χ1) is 5.84. The molecular weight excluding hydrogens is 152 g/mol. The maximum absolute atomic E-state index is 11.3. The van der Waals surface area contributed by atoms with Crippen LogP contribution in [0.1, 0.15) is 32.6 Å². The van der Waals surface area contributed by atoms with Gasteiger partial charge in [-0.1, -0.05) is 19.8 Å². The minimum Gasteiger partial charge on any atom is -0.355 e. The first-order valence-corrected chi connectivity index (χ1v) is 4.85. The fourth-order valence-corrected chi connectivity index (χ4v) is 1.43. The third-order valence-electron chi connectivity index (χ3n) is 2.21. The molecule has 1 saturated heterocycles. The van der Waals surface area contributed by atoms with Crippen LogP contribution in [0.25, 0.3) is 0 Å². The average molecular weight is 170 g/mol. The van der Waals surface area contributed by atoms with Gasteiger partial charge in [0.25, 0.3) is 0 Å². The van der Waals surface area contributed by atoms with Crippen LogP contribution in [0.5, 0.6) is 0 Å². The normalized spacial score (nSPS) is 24.8. The summed E-state index contributed by atoms with van der Waals surface area (Å²) in [6.07, 6.45) is 4.31. The van der Waals surface area contributed by atoms with E-state index in [2.05, 4.69) is 17.6 Å². The largest absolute Gasteiger partial charge is 0.355 e. The molecule has 3 nitrogen and oxygen atoms in total. The van der Waals surface area contributed by atoms with Crippen molar-refractivity contribution in [2.75, 3.05) is 13.1 Å². The Bertz CT molecular complexity index is 147. The SMILES string of the molecule is CCCCC1NCCCNC1=O. The molecule has 0 aliphatic carbocycles. The molecule has 0 saturated carbocycles. The smallest absolute Gasteiger partial charge is 0.237 e. The Morgan fingerprint density at radius 3 is 3.08 bits per heavy atom. The van der Waals surface area contributed by atoms with E-state index in [4.69, 9.17) is 0 Å². The van der Waals surface area contributed by atoms with Gasteiger partial charge in [0.2, 0.25) is 5.91 Å². The summed E-state index contributed by atoms with van der Waals surface area (Å²) in [5, 5.41) is 6.16. The molecule has 1 unspecified atom stereocenters. The number of hydrogen-bond donors (Lipinski definition) is 2. The van der Waals surface area contributed by atoms with Crippen molar-refractivity contribution >= 4 is 5.91 Å². The van der Waals surface area contributed by atoms with Crippen molar-refractivity contribution < 1.29 is 4.79 Å². The number of nitrogens with one attached hydrogen (secondary N) is 2. The lowest BCUT2D eigenvalue weighted by molar-refractivity contribution is -0.122. The number of carbonyl (C=O) groups is 1. The zero-order chi connectivity index (χ0) is 8.81. The van der Waals surface area contributed by atoms with Crippen LogP contribution >= 0.6 is 0 Å². The molecule has 0 aromatic rings. The molecule has 0 radical (unpaired) electrons. The van der Waals surface area contributed by atoms with E-state index >= 15 is 0 Å². The highest BCUT2D eigenvalue weighted by molar-refractivity contribution is 5.81. The minimum atomic E-state index is 0.0625. The number of rotatable bonds is 3. The highest BCUT2D eigenvalue weighted by atomic mass is 16.2. The highest BCUT2D eigenvalue weighted by Crippen LogP contribution is 2.02. The van der Waals surface area contributed by atoms with E-state index in [-0.39, 0.29) is 11.9 Å². The van der Waals surface area contributed by atoms with E-state index < -0.39 is 0 Å². The van der Waals surface area contributed by atoms with Crippen LogP contribution in [-0.4, -0.2) is 25.0 Å². The number of carbonyl (C=O) groups excluding carboxylic acids is 1. The summed E-state index contributed by atoms with van der Waals surface area (Å²) >= 11 is 0. The van der Waals surface area contributed by atoms with Gasteiger partial charge in [-0.05, 0) is 19.4 Å². The Balaban J connectivity index is 2.31. The van der Waals surface area contributed by atoms with Gasteiger partial charge in [-0.2, -0.15) is 0 Å². The van der Waals surface area contributed by atoms with Crippen molar-refractivity contribution in [3.8, 4) is 0 Å². The third kappa shape index (κ3) is 2.81. The van der Waals surface area contributed by atoms with Crippen LogP contribution in [0, 0.1) is 0 Å². The van der Waals surface area contributed by atoms with Crippen molar-refractivity contribution in [1.82, 2.24) is 10.6 Å². The van der Waals surface area contributed by atoms with Gasteiger partial charge in [0, 0.05) is 6.54 Å². The zero-order valence-corrected chi connectivity index (χ0v) is 7.73. The predicted molar refractivity (Wildman–Crippen MR) is 48.9 cm³/mol. The number of hydrogen-bond acceptors (Lipinski definition) is 2. The lowest BCUT2D eigenvalue weighted by atomic mass is 10.1. The average Bonchev–Trinajstić information content (AvgIpc) is 2.27. The van der Waals surface area contributed by atoms with Crippen LogP contribution in [-0.2, 0) is 4.79 Å².